The monoisotopic (exact) mass is 430 g/mol. The topological polar surface area (TPSA) is 92.5 Å². The summed E-state index contributed by atoms with van der Waals surface area (Å²) in [5, 5.41) is 24.3. The minimum atomic E-state index is -1.17. The lowest BCUT2D eigenvalue weighted by atomic mass is 10.0. The predicted octanol–water partition coefficient (Wildman–Crippen LogP) is 6.13. The first-order valence-electron chi connectivity index (χ1n) is 8.65. The number of nitrogens with zero attached hydrogens (tertiary/aromatic N) is 1. The van der Waals surface area contributed by atoms with Gasteiger partial charge in [-0.25, -0.2) is 4.79 Å². The number of nitro groups is 1. The lowest BCUT2D eigenvalue weighted by Crippen LogP contribution is -2.04. The van der Waals surface area contributed by atoms with E-state index in [1.54, 1.807) is 18.2 Å². The molecule has 148 valence electrons. The third-order valence-electron chi connectivity index (χ3n) is 4.36. The van der Waals surface area contributed by atoms with Crippen molar-refractivity contribution < 1.29 is 14.8 Å². The van der Waals surface area contributed by atoms with E-state index in [0.29, 0.717) is 15.7 Å². The molecule has 0 unspecified atom stereocenters. The number of carbonyl (C=O) groups is 1. The number of benzene rings is 3. The number of aromatic carboxylic acids is 1. The molecule has 0 aliphatic heterocycles. The van der Waals surface area contributed by atoms with Gasteiger partial charge in [-0.3, -0.25) is 10.1 Å². The molecule has 0 aromatic heterocycles. The molecule has 3 aromatic carbocycles. The van der Waals surface area contributed by atoms with Gasteiger partial charge in [0, 0.05) is 17.8 Å². The standard InChI is InChI=1S/C21H16Cl2N2O4/c22-18-10-5-14(11-19(18)23)2-1-13-3-6-15(7-4-13)24-20-12-16(25(28)29)8-9-17(20)21(26)27/h3-12,24H,1-2H2,(H,26,27). The van der Waals surface area contributed by atoms with E-state index >= 15 is 0 Å². The number of rotatable bonds is 7. The second-order valence-electron chi connectivity index (χ2n) is 6.36. The lowest BCUT2D eigenvalue weighted by Gasteiger charge is -2.10. The van der Waals surface area contributed by atoms with Gasteiger partial charge in [-0.1, -0.05) is 41.4 Å². The number of carboxylic acids is 1. The number of non-ortho nitro benzene ring substituents is 1. The molecule has 6 nitrogen and oxygen atoms in total. The second-order valence-corrected chi connectivity index (χ2v) is 7.18. The van der Waals surface area contributed by atoms with Crippen molar-refractivity contribution in [2.75, 3.05) is 5.32 Å². The Bertz CT molecular complexity index is 1070. The van der Waals surface area contributed by atoms with E-state index in [4.69, 9.17) is 23.2 Å². The third kappa shape index (κ3) is 5.25. The molecule has 0 atom stereocenters. The largest absolute Gasteiger partial charge is 0.478 e. The molecule has 8 heteroatoms. The molecule has 0 fully saturated rings. The van der Waals surface area contributed by atoms with Gasteiger partial charge in [-0.2, -0.15) is 0 Å². The van der Waals surface area contributed by atoms with Gasteiger partial charge in [0.25, 0.3) is 5.69 Å². The summed E-state index contributed by atoms with van der Waals surface area (Å²) in [6, 6.07) is 16.6. The summed E-state index contributed by atoms with van der Waals surface area (Å²) in [7, 11) is 0. The first-order valence-corrected chi connectivity index (χ1v) is 9.40. The van der Waals surface area contributed by atoms with Gasteiger partial charge >= 0.3 is 5.97 Å². The molecule has 2 N–H and O–H groups in total. The van der Waals surface area contributed by atoms with E-state index in [1.165, 1.54) is 18.2 Å². The van der Waals surface area contributed by atoms with Gasteiger partial charge in [0.05, 0.1) is 26.2 Å². The normalized spacial score (nSPS) is 10.6. The van der Waals surface area contributed by atoms with Crippen LogP contribution < -0.4 is 5.32 Å². The zero-order valence-corrected chi connectivity index (χ0v) is 16.6. The van der Waals surface area contributed by atoms with Gasteiger partial charge in [-0.05, 0) is 54.3 Å². The van der Waals surface area contributed by atoms with Gasteiger partial charge in [0.1, 0.15) is 0 Å². The smallest absolute Gasteiger partial charge is 0.337 e. The van der Waals surface area contributed by atoms with Crippen LogP contribution >= 0.6 is 23.2 Å². The zero-order chi connectivity index (χ0) is 21.0. The first kappa shape index (κ1) is 20.6. The Morgan fingerprint density at radius 1 is 0.931 bits per heavy atom. The Hall–Kier alpha value is -3.09. The summed E-state index contributed by atoms with van der Waals surface area (Å²) in [6.07, 6.45) is 1.58. The summed E-state index contributed by atoms with van der Waals surface area (Å²) in [5.41, 5.74) is 2.72. The highest BCUT2D eigenvalue weighted by molar-refractivity contribution is 6.42. The van der Waals surface area contributed by atoms with Crippen molar-refractivity contribution in [1.82, 2.24) is 0 Å². The molecule has 3 aromatic rings. The Morgan fingerprint density at radius 3 is 2.21 bits per heavy atom. The van der Waals surface area contributed by atoms with Gasteiger partial charge in [0.15, 0.2) is 0 Å². The molecule has 0 bridgehead atoms. The number of anilines is 2. The van der Waals surface area contributed by atoms with Crippen LogP contribution in [-0.2, 0) is 12.8 Å². The highest BCUT2D eigenvalue weighted by atomic mass is 35.5. The lowest BCUT2D eigenvalue weighted by molar-refractivity contribution is -0.384. The van der Waals surface area contributed by atoms with E-state index in [-0.39, 0.29) is 16.9 Å². The molecule has 0 aliphatic rings. The Labute approximate surface area is 176 Å². The maximum absolute atomic E-state index is 11.4. The summed E-state index contributed by atoms with van der Waals surface area (Å²) in [4.78, 5) is 21.8. The van der Waals surface area contributed by atoms with Crippen LogP contribution in [0.15, 0.2) is 60.7 Å². The summed E-state index contributed by atoms with van der Waals surface area (Å²) in [5.74, 6) is -1.17. The van der Waals surface area contributed by atoms with E-state index < -0.39 is 10.9 Å². The minimum absolute atomic E-state index is 0.0423. The van der Waals surface area contributed by atoms with Crippen LogP contribution in [0.3, 0.4) is 0 Å². The molecule has 3 rings (SSSR count). The number of hydrogen-bond acceptors (Lipinski definition) is 4. The van der Waals surface area contributed by atoms with Crippen LogP contribution in [0.2, 0.25) is 10.0 Å². The number of nitrogens with one attached hydrogen (secondary N) is 1. The molecule has 0 saturated heterocycles. The Kier molecular flexibility index (Phi) is 6.36. The van der Waals surface area contributed by atoms with Crippen LogP contribution in [0.1, 0.15) is 21.5 Å². The molecule has 0 radical (unpaired) electrons. The molecular weight excluding hydrogens is 415 g/mol. The molecule has 29 heavy (non-hydrogen) atoms. The first-order chi connectivity index (χ1) is 13.8. The van der Waals surface area contributed by atoms with E-state index in [2.05, 4.69) is 5.32 Å². The number of nitro benzene ring substituents is 1. The Morgan fingerprint density at radius 2 is 1.59 bits per heavy atom. The number of hydrogen-bond donors (Lipinski definition) is 2. The molecule has 0 aliphatic carbocycles. The minimum Gasteiger partial charge on any atom is -0.478 e. The zero-order valence-electron chi connectivity index (χ0n) is 15.1. The maximum atomic E-state index is 11.4. The molecule has 0 spiro atoms. The fourth-order valence-electron chi connectivity index (χ4n) is 2.83. The van der Waals surface area contributed by atoms with E-state index in [9.17, 15) is 20.0 Å². The van der Waals surface area contributed by atoms with Crippen molar-refractivity contribution in [3.63, 3.8) is 0 Å². The van der Waals surface area contributed by atoms with Crippen LogP contribution in [0.5, 0.6) is 0 Å². The number of aryl methyl sites for hydroxylation is 2. The van der Waals surface area contributed by atoms with Crippen molar-refractivity contribution >= 4 is 46.2 Å². The van der Waals surface area contributed by atoms with E-state index in [1.807, 2.05) is 24.3 Å². The molecule has 0 heterocycles. The van der Waals surface area contributed by atoms with Gasteiger partial charge < -0.3 is 10.4 Å². The van der Waals surface area contributed by atoms with Crippen LogP contribution in [0, 0.1) is 10.1 Å². The third-order valence-corrected chi connectivity index (χ3v) is 5.10. The quantitative estimate of drug-likeness (QED) is 0.347. The maximum Gasteiger partial charge on any atom is 0.337 e. The van der Waals surface area contributed by atoms with Crippen molar-refractivity contribution in [2.24, 2.45) is 0 Å². The predicted molar refractivity (Wildman–Crippen MR) is 114 cm³/mol. The SMILES string of the molecule is O=C(O)c1ccc([N+](=O)[O-])cc1Nc1ccc(CCc2ccc(Cl)c(Cl)c2)cc1. The van der Waals surface area contributed by atoms with Crippen LogP contribution in [0.25, 0.3) is 0 Å². The van der Waals surface area contributed by atoms with Crippen molar-refractivity contribution in [3.05, 3.63) is 97.5 Å². The van der Waals surface area contributed by atoms with E-state index in [0.717, 1.165) is 24.0 Å². The fourth-order valence-corrected chi connectivity index (χ4v) is 3.15. The molecular formula is C21H16Cl2N2O4. The molecule has 0 saturated carbocycles. The average Bonchev–Trinajstić information content (AvgIpc) is 2.69. The summed E-state index contributed by atoms with van der Waals surface area (Å²) >= 11 is 12.0. The van der Waals surface area contributed by atoms with Crippen molar-refractivity contribution in [3.8, 4) is 0 Å². The number of halogens is 2. The second kappa shape index (κ2) is 8.94. The van der Waals surface area contributed by atoms with Gasteiger partial charge in [-0.15, -0.1) is 0 Å². The van der Waals surface area contributed by atoms with Crippen molar-refractivity contribution in [1.29, 1.82) is 0 Å². The van der Waals surface area contributed by atoms with Gasteiger partial charge in [0.2, 0.25) is 0 Å². The van der Waals surface area contributed by atoms with Crippen LogP contribution in [-0.4, -0.2) is 16.0 Å². The average molecular weight is 431 g/mol. The summed E-state index contributed by atoms with van der Waals surface area (Å²) < 4.78 is 0. The fraction of sp³-hybridized carbons (Fsp3) is 0.0952. The highest BCUT2D eigenvalue weighted by Crippen LogP contribution is 2.27. The highest BCUT2D eigenvalue weighted by Gasteiger charge is 2.15. The summed E-state index contributed by atoms with van der Waals surface area (Å²) in [6.45, 7) is 0. The Balaban J connectivity index is 1.72. The number of carboxylic acid groups (broad SMARTS) is 1. The van der Waals surface area contributed by atoms with Crippen molar-refractivity contribution in [2.45, 2.75) is 12.8 Å². The van der Waals surface area contributed by atoms with Crippen LogP contribution in [0.4, 0.5) is 17.1 Å². The molecule has 0 amide bonds.